The SMILES string of the molecule is CCCCNC(=O)C1CCN(Cc2nc(-c3ccccc3F)oc2C)CC1. The molecule has 6 heteroatoms. The monoisotopic (exact) mass is 373 g/mol. The number of amides is 1. The van der Waals surface area contributed by atoms with Gasteiger partial charge in [-0.2, -0.15) is 0 Å². The van der Waals surface area contributed by atoms with E-state index in [4.69, 9.17) is 4.42 Å². The molecule has 2 aromatic rings. The second-order valence-corrected chi connectivity index (χ2v) is 7.20. The molecule has 1 amide bonds. The fraction of sp³-hybridized carbons (Fsp3) is 0.524. The van der Waals surface area contributed by atoms with Crippen LogP contribution in [0.4, 0.5) is 4.39 Å². The molecule has 2 heterocycles. The van der Waals surface area contributed by atoms with Gasteiger partial charge in [0.1, 0.15) is 11.6 Å². The Morgan fingerprint density at radius 3 is 2.78 bits per heavy atom. The molecule has 27 heavy (non-hydrogen) atoms. The van der Waals surface area contributed by atoms with Gasteiger partial charge < -0.3 is 9.73 Å². The largest absolute Gasteiger partial charge is 0.441 e. The van der Waals surface area contributed by atoms with Crippen LogP contribution in [0.3, 0.4) is 0 Å². The maximum atomic E-state index is 14.0. The van der Waals surface area contributed by atoms with E-state index in [-0.39, 0.29) is 17.6 Å². The van der Waals surface area contributed by atoms with Gasteiger partial charge in [-0.05, 0) is 51.4 Å². The number of halogens is 1. The van der Waals surface area contributed by atoms with E-state index in [1.165, 1.54) is 6.07 Å². The summed E-state index contributed by atoms with van der Waals surface area (Å²) >= 11 is 0. The molecule has 1 aliphatic rings. The number of hydrogen-bond donors (Lipinski definition) is 1. The molecule has 0 spiro atoms. The number of aryl methyl sites for hydroxylation is 1. The third-order valence-electron chi connectivity index (χ3n) is 5.16. The van der Waals surface area contributed by atoms with E-state index >= 15 is 0 Å². The molecule has 1 saturated heterocycles. The van der Waals surface area contributed by atoms with Gasteiger partial charge in [-0.3, -0.25) is 9.69 Å². The van der Waals surface area contributed by atoms with Gasteiger partial charge in [0.25, 0.3) is 0 Å². The lowest BCUT2D eigenvalue weighted by Gasteiger charge is -2.30. The molecule has 1 aromatic heterocycles. The molecule has 5 nitrogen and oxygen atoms in total. The van der Waals surface area contributed by atoms with Gasteiger partial charge in [0.05, 0.1) is 11.3 Å². The van der Waals surface area contributed by atoms with Gasteiger partial charge in [-0.1, -0.05) is 25.5 Å². The van der Waals surface area contributed by atoms with Crippen molar-refractivity contribution < 1.29 is 13.6 Å². The van der Waals surface area contributed by atoms with Crippen LogP contribution in [0.5, 0.6) is 0 Å². The van der Waals surface area contributed by atoms with Crippen LogP contribution in [0, 0.1) is 18.7 Å². The van der Waals surface area contributed by atoms with Gasteiger partial charge >= 0.3 is 0 Å². The van der Waals surface area contributed by atoms with Gasteiger partial charge in [0.15, 0.2) is 0 Å². The number of carbonyl (C=O) groups excluding carboxylic acids is 1. The van der Waals surface area contributed by atoms with E-state index in [0.717, 1.165) is 51.0 Å². The molecule has 0 aliphatic carbocycles. The first kappa shape index (κ1) is 19.5. The lowest BCUT2D eigenvalue weighted by atomic mass is 9.95. The molecule has 0 saturated carbocycles. The van der Waals surface area contributed by atoms with Crippen LogP contribution in [0.2, 0.25) is 0 Å². The predicted octanol–water partition coefficient (Wildman–Crippen LogP) is 3.92. The molecular formula is C21H28FN3O2. The summed E-state index contributed by atoms with van der Waals surface area (Å²) in [5.41, 5.74) is 1.22. The average molecular weight is 373 g/mol. The summed E-state index contributed by atoms with van der Waals surface area (Å²) in [6.45, 7) is 7.12. The fourth-order valence-corrected chi connectivity index (χ4v) is 3.42. The third-order valence-corrected chi connectivity index (χ3v) is 5.16. The van der Waals surface area contributed by atoms with Crippen molar-refractivity contribution in [2.75, 3.05) is 19.6 Å². The number of likely N-dealkylation sites (tertiary alicyclic amines) is 1. The van der Waals surface area contributed by atoms with Crippen LogP contribution in [0.1, 0.15) is 44.1 Å². The minimum atomic E-state index is -0.333. The number of aromatic nitrogens is 1. The third kappa shape index (κ3) is 4.95. The molecule has 1 fully saturated rings. The van der Waals surface area contributed by atoms with Crippen molar-refractivity contribution in [3.05, 3.63) is 41.5 Å². The summed E-state index contributed by atoms with van der Waals surface area (Å²) in [5.74, 6) is 0.992. The van der Waals surface area contributed by atoms with E-state index in [2.05, 4.69) is 22.1 Å². The van der Waals surface area contributed by atoms with E-state index in [9.17, 15) is 9.18 Å². The highest BCUT2D eigenvalue weighted by atomic mass is 19.1. The Bertz CT molecular complexity index is 767. The van der Waals surface area contributed by atoms with Crippen molar-refractivity contribution in [3.8, 4) is 11.5 Å². The Morgan fingerprint density at radius 2 is 2.07 bits per heavy atom. The minimum absolute atomic E-state index is 0.102. The predicted molar refractivity (Wildman–Crippen MR) is 103 cm³/mol. The molecule has 146 valence electrons. The number of piperidine rings is 1. The van der Waals surface area contributed by atoms with Gasteiger partial charge in [-0.25, -0.2) is 9.37 Å². The van der Waals surface area contributed by atoms with Crippen molar-refractivity contribution in [2.45, 2.75) is 46.1 Å². The maximum absolute atomic E-state index is 14.0. The number of benzene rings is 1. The molecule has 0 bridgehead atoms. The van der Waals surface area contributed by atoms with Crippen LogP contribution in [0.25, 0.3) is 11.5 Å². The maximum Gasteiger partial charge on any atom is 0.229 e. The number of hydrogen-bond acceptors (Lipinski definition) is 4. The Balaban J connectivity index is 1.55. The quantitative estimate of drug-likeness (QED) is 0.748. The summed E-state index contributed by atoms with van der Waals surface area (Å²) < 4.78 is 19.7. The first-order chi connectivity index (χ1) is 13.1. The van der Waals surface area contributed by atoms with Crippen molar-refractivity contribution in [3.63, 3.8) is 0 Å². The summed E-state index contributed by atoms with van der Waals surface area (Å²) in [7, 11) is 0. The van der Waals surface area contributed by atoms with Crippen LogP contribution >= 0.6 is 0 Å². The Hall–Kier alpha value is -2.21. The molecule has 0 atom stereocenters. The highest BCUT2D eigenvalue weighted by Crippen LogP contribution is 2.26. The van der Waals surface area contributed by atoms with Gasteiger partial charge in [0, 0.05) is 19.0 Å². The zero-order chi connectivity index (χ0) is 19.2. The molecule has 0 unspecified atom stereocenters. The first-order valence-corrected chi connectivity index (χ1v) is 9.79. The van der Waals surface area contributed by atoms with Crippen LogP contribution in [0.15, 0.2) is 28.7 Å². The van der Waals surface area contributed by atoms with Crippen LogP contribution < -0.4 is 5.32 Å². The number of carbonyl (C=O) groups is 1. The van der Waals surface area contributed by atoms with E-state index < -0.39 is 0 Å². The van der Waals surface area contributed by atoms with E-state index in [1.54, 1.807) is 18.2 Å². The Kier molecular flexibility index (Phi) is 6.61. The minimum Gasteiger partial charge on any atom is -0.441 e. The first-order valence-electron chi connectivity index (χ1n) is 9.79. The molecular weight excluding hydrogens is 345 g/mol. The smallest absolute Gasteiger partial charge is 0.229 e. The number of nitrogens with zero attached hydrogens (tertiary/aromatic N) is 2. The number of oxazole rings is 1. The average Bonchev–Trinajstić information content (AvgIpc) is 3.03. The van der Waals surface area contributed by atoms with Gasteiger partial charge in [0.2, 0.25) is 11.8 Å². The van der Waals surface area contributed by atoms with Crippen molar-refractivity contribution in [1.82, 2.24) is 15.2 Å². The van der Waals surface area contributed by atoms with Crippen molar-refractivity contribution >= 4 is 5.91 Å². The zero-order valence-electron chi connectivity index (χ0n) is 16.1. The zero-order valence-corrected chi connectivity index (χ0v) is 16.1. The van der Waals surface area contributed by atoms with Crippen molar-refractivity contribution in [2.24, 2.45) is 5.92 Å². The summed E-state index contributed by atoms with van der Waals surface area (Å²) in [5, 5.41) is 3.03. The molecule has 1 N–H and O–H groups in total. The number of nitrogens with one attached hydrogen (secondary N) is 1. The lowest BCUT2D eigenvalue weighted by Crippen LogP contribution is -2.40. The van der Waals surface area contributed by atoms with Crippen molar-refractivity contribution in [1.29, 1.82) is 0 Å². The second-order valence-electron chi connectivity index (χ2n) is 7.20. The number of rotatable bonds is 7. The molecule has 1 aliphatic heterocycles. The van der Waals surface area contributed by atoms with Crippen LogP contribution in [-0.4, -0.2) is 35.4 Å². The topological polar surface area (TPSA) is 58.4 Å². The fourth-order valence-electron chi connectivity index (χ4n) is 3.42. The number of unbranched alkanes of at least 4 members (excludes halogenated alkanes) is 1. The van der Waals surface area contributed by atoms with E-state index in [1.807, 2.05) is 6.92 Å². The second kappa shape index (κ2) is 9.13. The molecule has 0 radical (unpaired) electrons. The lowest BCUT2D eigenvalue weighted by molar-refractivity contribution is -0.126. The molecule has 1 aromatic carbocycles. The van der Waals surface area contributed by atoms with Gasteiger partial charge in [-0.15, -0.1) is 0 Å². The highest BCUT2D eigenvalue weighted by molar-refractivity contribution is 5.78. The summed E-state index contributed by atoms with van der Waals surface area (Å²) in [4.78, 5) is 19.0. The summed E-state index contributed by atoms with van der Waals surface area (Å²) in [6.07, 6.45) is 3.83. The Labute approximate surface area is 160 Å². The summed E-state index contributed by atoms with van der Waals surface area (Å²) in [6, 6.07) is 6.50. The highest BCUT2D eigenvalue weighted by Gasteiger charge is 2.26. The standard InChI is InChI=1S/C21H28FN3O2/c1-3-4-11-23-20(26)16-9-12-25(13-10-16)14-19-15(2)27-21(24-19)17-7-5-6-8-18(17)22/h5-8,16H,3-4,9-14H2,1-2H3,(H,23,26). The van der Waals surface area contributed by atoms with E-state index in [0.29, 0.717) is 23.8 Å². The molecule has 3 rings (SSSR count). The normalized spacial score (nSPS) is 15.8. The van der Waals surface area contributed by atoms with Crippen LogP contribution in [-0.2, 0) is 11.3 Å². The Morgan fingerprint density at radius 1 is 1.33 bits per heavy atom.